The summed E-state index contributed by atoms with van der Waals surface area (Å²) in [6, 6.07) is 5.45. The number of amides is 1. The molecule has 0 bridgehead atoms. The third-order valence-electron chi connectivity index (χ3n) is 2.73. The van der Waals surface area contributed by atoms with E-state index in [0.29, 0.717) is 12.1 Å². The third-order valence-corrected chi connectivity index (χ3v) is 3.02. The van der Waals surface area contributed by atoms with E-state index in [4.69, 9.17) is 22.7 Å². The van der Waals surface area contributed by atoms with Gasteiger partial charge in [-0.1, -0.05) is 19.1 Å². The van der Waals surface area contributed by atoms with Gasteiger partial charge in [-0.3, -0.25) is 4.79 Å². The van der Waals surface area contributed by atoms with Crippen LogP contribution in [0.25, 0.3) is 0 Å². The van der Waals surface area contributed by atoms with E-state index in [9.17, 15) is 4.79 Å². The molecular formula is C13H18N2O2S. The molecule has 5 heteroatoms. The fourth-order valence-electron chi connectivity index (χ4n) is 1.70. The molecule has 1 aromatic rings. The highest BCUT2D eigenvalue weighted by molar-refractivity contribution is 7.80. The number of ether oxygens (including phenoxy) is 1. The lowest BCUT2D eigenvalue weighted by Crippen LogP contribution is -2.32. The van der Waals surface area contributed by atoms with Crippen molar-refractivity contribution < 1.29 is 9.53 Å². The van der Waals surface area contributed by atoms with Gasteiger partial charge in [0.25, 0.3) is 0 Å². The summed E-state index contributed by atoms with van der Waals surface area (Å²) in [5.41, 5.74) is 7.20. The third kappa shape index (κ3) is 3.43. The Kier molecular flexibility index (Phi) is 5.09. The van der Waals surface area contributed by atoms with Gasteiger partial charge >= 0.3 is 0 Å². The van der Waals surface area contributed by atoms with Gasteiger partial charge in [-0.2, -0.15) is 0 Å². The molecule has 1 aromatic carbocycles. The molecule has 0 aliphatic heterocycles. The van der Waals surface area contributed by atoms with E-state index in [1.807, 2.05) is 26.0 Å². The minimum atomic E-state index is -0.428. The van der Waals surface area contributed by atoms with Crippen molar-refractivity contribution in [2.45, 2.75) is 20.3 Å². The van der Waals surface area contributed by atoms with Crippen LogP contribution in [0.15, 0.2) is 18.2 Å². The number of nitrogens with one attached hydrogen (secondary N) is 1. The monoisotopic (exact) mass is 266 g/mol. The summed E-state index contributed by atoms with van der Waals surface area (Å²) in [6.07, 6.45) is 0.594. The molecule has 0 radical (unpaired) electrons. The average Bonchev–Trinajstić information content (AvgIpc) is 2.29. The fourth-order valence-corrected chi connectivity index (χ4v) is 1.98. The van der Waals surface area contributed by atoms with Crippen molar-refractivity contribution in [2.24, 2.45) is 11.7 Å². The lowest BCUT2D eigenvalue weighted by molar-refractivity contribution is -0.118. The minimum absolute atomic E-state index is 0.172. The van der Waals surface area contributed by atoms with Crippen molar-refractivity contribution in [1.29, 1.82) is 0 Å². The Morgan fingerprint density at radius 3 is 2.67 bits per heavy atom. The average molecular weight is 266 g/mol. The van der Waals surface area contributed by atoms with Crippen molar-refractivity contribution in [2.75, 3.05) is 12.4 Å². The molecule has 0 spiro atoms. The second-order valence-electron chi connectivity index (χ2n) is 4.04. The molecule has 4 nitrogen and oxygen atoms in total. The van der Waals surface area contributed by atoms with E-state index in [1.54, 1.807) is 13.2 Å². The molecular weight excluding hydrogens is 248 g/mol. The van der Waals surface area contributed by atoms with E-state index < -0.39 is 5.92 Å². The van der Waals surface area contributed by atoms with Gasteiger partial charge < -0.3 is 15.8 Å². The quantitative estimate of drug-likeness (QED) is 0.802. The zero-order valence-electron chi connectivity index (χ0n) is 10.8. The van der Waals surface area contributed by atoms with E-state index in [0.717, 1.165) is 11.3 Å². The van der Waals surface area contributed by atoms with Crippen LogP contribution in [-0.4, -0.2) is 18.0 Å². The predicted octanol–water partition coefficient (Wildman–Crippen LogP) is 2.25. The maximum atomic E-state index is 11.9. The minimum Gasteiger partial charge on any atom is -0.496 e. The molecule has 0 fully saturated rings. The van der Waals surface area contributed by atoms with Crippen LogP contribution in [0.1, 0.15) is 18.9 Å². The van der Waals surface area contributed by atoms with Gasteiger partial charge in [-0.25, -0.2) is 0 Å². The topological polar surface area (TPSA) is 64.3 Å². The first-order valence-corrected chi connectivity index (χ1v) is 6.15. The molecule has 1 amide bonds. The van der Waals surface area contributed by atoms with Gasteiger partial charge in [-0.05, 0) is 37.1 Å². The molecule has 1 rings (SSSR count). The van der Waals surface area contributed by atoms with Gasteiger partial charge in [0.05, 0.1) is 18.0 Å². The SMILES string of the molecule is CCC(C(=O)Nc1ccc(OC)c(C)c1)C(N)=S. The van der Waals surface area contributed by atoms with Crippen molar-refractivity contribution in [3.63, 3.8) is 0 Å². The Bertz CT molecular complexity index is 460. The first-order chi connectivity index (χ1) is 8.49. The highest BCUT2D eigenvalue weighted by Crippen LogP contribution is 2.22. The van der Waals surface area contributed by atoms with Crippen LogP contribution in [0.2, 0.25) is 0 Å². The number of carbonyl (C=O) groups is 1. The van der Waals surface area contributed by atoms with Crippen LogP contribution >= 0.6 is 12.2 Å². The zero-order valence-corrected chi connectivity index (χ0v) is 11.6. The summed E-state index contributed by atoms with van der Waals surface area (Å²) in [6.45, 7) is 3.79. The smallest absolute Gasteiger partial charge is 0.234 e. The Morgan fingerprint density at radius 2 is 2.22 bits per heavy atom. The maximum absolute atomic E-state index is 11.9. The van der Waals surface area contributed by atoms with Crippen LogP contribution in [0.4, 0.5) is 5.69 Å². The number of nitrogens with two attached hydrogens (primary N) is 1. The molecule has 0 saturated carbocycles. The summed E-state index contributed by atoms with van der Waals surface area (Å²) in [5.74, 6) is 0.186. The molecule has 0 saturated heterocycles. The lowest BCUT2D eigenvalue weighted by Gasteiger charge is -2.14. The fraction of sp³-hybridized carbons (Fsp3) is 0.385. The zero-order chi connectivity index (χ0) is 13.7. The number of methoxy groups -OCH3 is 1. The number of hydrogen-bond acceptors (Lipinski definition) is 3. The van der Waals surface area contributed by atoms with Gasteiger partial charge in [0, 0.05) is 5.69 Å². The van der Waals surface area contributed by atoms with Crippen molar-refractivity contribution in [1.82, 2.24) is 0 Å². The molecule has 1 unspecified atom stereocenters. The normalized spacial score (nSPS) is 11.7. The molecule has 18 heavy (non-hydrogen) atoms. The van der Waals surface area contributed by atoms with E-state index in [2.05, 4.69) is 5.32 Å². The molecule has 0 aromatic heterocycles. The Morgan fingerprint density at radius 1 is 1.56 bits per heavy atom. The van der Waals surface area contributed by atoms with Crippen LogP contribution in [0.5, 0.6) is 5.75 Å². The van der Waals surface area contributed by atoms with Gasteiger partial charge in [-0.15, -0.1) is 0 Å². The summed E-state index contributed by atoms with van der Waals surface area (Å²) in [4.78, 5) is 12.2. The first kappa shape index (κ1) is 14.4. The number of thiocarbonyl (C=S) groups is 1. The number of aryl methyl sites for hydroxylation is 1. The van der Waals surface area contributed by atoms with Crippen molar-refractivity contribution >= 4 is 28.8 Å². The van der Waals surface area contributed by atoms with E-state index >= 15 is 0 Å². The largest absolute Gasteiger partial charge is 0.496 e. The van der Waals surface area contributed by atoms with Crippen LogP contribution < -0.4 is 15.8 Å². The predicted molar refractivity (Wildman–Crippen MR) is 76.9 cm³/mol. The molecule has 0 heterocycles. The van der Waals surface area contributed by atoms with Crippen LogP contribution in [-0.2, 0) is 4.79 Å². The number of benzene rings is 1. The summed E-state index contributed by atoms with van der Waals surface area (Å²) in [5, 5.41) is 2.80. The molecule has 1 atom stereocenters. The number of anilines is 1. The van der Waals surface area contributed by atoms with Crippen LogP contribution in [0, 0.1) is 12.8 Å². The maximum Gasteiger partial charge on any atom is 0.234 e. The number of carbonyl (C=O) groups excluding carboxylic acids is 1. The highest BCUT2D eigenvalue weighted by atomic mass is 32.1. The lowest BCUT2D eigenvalue weighted by atomic mass is 10.1. The van der Waals surface area contributed by atoms with Gasteiger partial charge in [0.2, 0.25) is 5.91 Å². The number of hydrogen-bond donors (Lipinski definition) is 2. The van der Waals surface area contributed by atoms with Crippen molar-refractivity contribution in [3.05, 3.63) is 23.8 Å². The second kappa shape index (κ2) is 6.35. The van der Waals surface area contributed by atoms with E-state index in [1.165, 1.54) is 0 Å². The highest BCUT2D eigenvalue weighted by Gasteiger charge is 2.19. The Labute approximate surface area is 113 Å². The van der Waals surface area contributed by atoms with Gasteiger partial charge in [0.1, 0.15) is 5.75 Å². The first-order valence-electron chi connectivity index (χ1n) is 5.74. The summed E-state index contributed by atoms with van der Waals surface area (Å²) in [7, 11) is 1.61. The molecule has 98 valence electrons. The molecule has 0 aliphatic carbocycles. The molecule has 0 aliphatic rings. The van der Waals surface area contributed by atoms with Crippen molar-refractivity contribution in [3.8, 4) is 5.75 Å². The summed E-state index contributed by atoms with van der Waals surface area (Å²) < 4.78 is 5.16. The standard InChI is InChI=1S/C13H18N2O2S/c1-4-10(12(14)18)13(16)15-9-5-6-11(17-3)8(2)7-9/h5-7,10H,4H2,1-3H3,(H2,14,18)(H,15,16). The van der Waals surface area contributed by atoms with E-state index in [-0.39, 0.29) is 10.9 Å². The summed E-state index contributed by atoms with van der Waals surface area (Å²) >= 11 is 4.87. The van der Waals surface area contributed by atoms with Crippen LogP contribution in [0.3, 0.4) is 0 Å². The Hall–Kier alpha value is -1.62. The second-order valence-corrected chi connectivity index (χ2v) is 4.51. The van der Waals surface area contributed by atoms with Gasteiger partial charge in [0.15, 0.2) is 0 Å². The number of rotatable bonds is 5. The molecule has 3 N–H and O–H groups in total. The Balaban J connectivity index is 2.82.